The van der Waals surface area contributed by atoms with Crippen LogP contribution in [0.2, 0.25) is 0 Å². The third kappa shape index (κ3) is 2.44. The minimum atomic E-state index is -4.29. The van der Waals surface area contributed by atoms with E-state index in [0.29, 0.717) is 12.8 Å². The molecule has 2 bridgehead atoms. The van der Waals surface area contributed by atoms with Crippen LogP contribution in [-0.2, 0) is 0 Å². The van der Waals surface area contributed by atoms with Crippen molar-refractivity contribution in [1.82, 2.24) is 4.90 Å². The Morgan fingerprint density at radius 1 is 1.24 bits per heavy atom. The van der Waals surface area contributed by atoms with Gasteiger partial charge in [0.05, 0.1) is 6.10 Å². The lowest BCUT2D eigenvalue weighted by molar-refractivity contribution is -0.202. The number of piperidine rings is 1. The molecule has 2 aliphatic rings. The molecule has 0 aliphatic carbocycles. The van der Waals surface area contributed by atoms with Gasteiger partial charge in [0.2, 0.25) is 0 Å². The van der Waals surface area contributed by atoms with Gasteiger partial charge in [0.15, 0.2) is 0 Å². The molecule has 2 saturated heterocycles. The summed E-state index contributed by atoms with van der Waals surface area (Å²) in [5.74, 6) is 0. The van der Waals surface area contributed by atoms with E-state index in [2.05, 4.69) is 0 Å². The molecule has 2 aliphatic heterocycles. The number of aliphatic hydroxyl groups is 1. The van der Waals surface area contributed by atoms with Crippen LogP contribution in [0, 0.1) is 0 Å². The first-order valence-corrected chi connectivity index (χ1v) is 6.08. The predicted molar refractivity (Wildman–Crippen MR) is 57.4 cm³/mol. The highest BCUT2D eigenvalue weighted by atomic mass is 19.4. The summed E-state index contributed by atoms with van der Waals surface area (Å²) in [5.41, 5.74) is 5.52. The standard InChI is InChI=1S/C11H19F3N2O/c1-6(15)10(11(12,13)14)16-7-2-3-8(16)5-9(17)4-7/h6-10,17H,2-5,15H2,1H3. The number of rotatable bonds is 2. The second-order valence-corrected chi connectivity index (χ2v) is 5.30. The number of nitrogens with two attached hydrogens (primary N) is 1. The fourth-order valence-electron chi connectivity index (χ4n) is 3.38. The molecular weight excluding hydrogens is 233 g/mol. The van der Waals surface area contributed by atoms with Crippen LogP contribution in [0.4, 0.5) is 13.2 Å². The van der Waals surface area contributed by atoms with Gasteiger partial charge in [-0.05, 0) is 32.6 Å². The molecule has 0 radical (unpaired) electrons. The van der Waals surface area contributed by atoms with Gasteiger partial charge in [-0.2, -0.15) is 13.2 Å². The molecular formula is C11H19F3N2O. The lowest BCUT2D eigenvalue weighted by Gasteiger charge is -2.44. The van der Waals surface area contributed by atoms with Crippen molar-refractivity contribution in [3.8, 4) is 0 Å². The molecule has 17 heavy (non-hydrogen) atoms. The van der Waals surface area contributed by atoms with Crippen molar-refractivity contribution < 1.29 is 18.3 Å². The molecule has 0 aromatic rings. The Morgan fingerprint density at radius 3 is 2.06 bits per heavy atom. The molecule has 3 N–H and O–H groups in total. The number of aliphatic hydroxyl groups excluding tert-OH is 1. The van der Waals surface area contributed by atoms with E-state index in [1.807, 2.05) is 0 Å². The van der Waals surface area contributed by atoms with Crippen molar-refractivity contribution >= 4 is 0 Å². The summed E-state index contributed by atoms with van der Waals surface area (Å²) in [6.07, 6.45) is -2.39. The highest BCUT2D eigenvalue weighted by molar-refractivity contribution is 5.01. The van der Waals surface area contributed by atoms with Crippen LogP contribution in [0.5, 0.6) is 0 Å². The molecule has 100 valence electrons. The monoisotopic (exact) mass is 252 g/mol. The summed E-state index contributed by atoms with van der Waals surface area (Å²) in [6.45, 7) is 1.41. The first kappa shape index (κ1) is 13.1. The highest BCUT2D eigenvalue weighted by Crippen LogP contribution is 2.41. The molecule has 2 rings (SSSR count). The van der Waals surface area contributed by atoms with Crippen LogP contribution >= 0.6 is 0 Å². The molecule has 0 aromatic carbocycles. The average molecular weight is 252 g/mol. The van der Waals surface area contributed by atoms with Crippen LogP contribution < -0.4 is 5.73 Å². The normalized spacial score (nSPS) is 38.1. The average Bonchev–Trinajstić information content (AvgIpc) is 2.42. The van der Waals surface area contributed by atoms with Crippen molar-refractivity contribution in [3.63, 3.8) is 0 Å². The number of nitrogens with zero attached hydrogens (tertiary/aromatic N) is 1. The summed E-state index contributed by atoms with van der Waals surface area (Å²) < 4.78 is 39.1. The molecule has 3 nitrogen and oxygen atoms in total. The summed E-state index contributed by atoms with van der Waals surface area (Å²) in [4.78, 5) is 1.51. The van der Waals surface area contributed by atoms with E-state index in [0.717, 1.165) is 12.8 Å². The van der Waals surface area contributed by atoms with E-state index in [-0.39, 0.29) is 12.1 Å². The Bertz CT molecular complexity index is 268. The van der Waals surface area contributed by atoms with E-state index in [1.165, 1.54) is 11.8 Å². The van der Waals surface area contributed by atoms with Gasteiger partial charge in [-0.15, -0.1) is 0 Å². The maximum Gasteiger partial charge on any atom is 0.405 e. The number of fused-ring (bicyclic) bond motifs is 2. The lowest BCUT2D eigenvalue weighted by atomic mass is 9.95. The number of halogens is 3. The van der Waals surface area contributed by atoms with Crippen LogP contribution in [0.25, 0.3) is 0 Å². The zero-order chi connectivity index (χ0) is 12.8. The molecule has 0 saturated carbocycles. The summed E-state index contributed by atoms with van der Waals surface area (Å²) in [7, 11) is 0. The molecule has 6 heteroatoms. The molecule has 2 heterocycles. The molecule has 0 amide bonds. The van der Waals surface area contributed by atoms with Gasteiger partial charge in [0, 0.05) is 18.1 Å². The zero-order valence-corrected chi connectivity index (χ0v) is 9.82. The van der Waals surface area contributed by atoms with Crippen molar-refractivity contribution in [2.75, 3.05) is 0 Å². The first-order chi connectivity index (χ1) is 7.80. The van der Waals surface area contributed by atoms with Gasteiger partial charge in [-0.3, -0.25) is 4.90 Å². The minimum Gasteiger partial charge on any atom is -0.393 e. The van der Waals surface area contributed by atoms with E-state index in [4.69, 9.17) is 5.73 Å². The smallest absolute Gasteiger partial charge is 0.393 e. The Balaban J connectivity index is 2.21. The summed E-state index contributed by atoms with van der Waals surface area (Å²) >= 11 is 0. The van der Waals surface area contributed by atoms with Gasteiger partial charge in [-0.1, -0.05) is 0 Å². The lowest BCUT2D eigenvalue weighted by Crippen LogP contribution is -2.61. The fraction of sp³-hybridized carbons (Fsp3) is 1.00. The minimum absolute atomic E-state index is 0.165. The van der Waals surface area contributed by atoms with Crippen molar-refractivity contribution in [1.29, 1.82) is 0 Å². The number of alkyl halides is 3. The zero-order valence-electron chi connectivity index (χ0n) is 9.82. The summed E-state index contributed by atoms with van der Waals surface area (Å²) in [5, 5.41) is 9.59. The third-order valence-corrected chi connectivity index (χ3v) is 3.92. The van der Waals surface area contributed by atoms with E-state index in [1.54, 1.807) is 0 Å². The van der Waals surface area contributed by atoms with E-state index < -0.39 is 24.4 Å². The van der Waals surface area contributed by atoms with Crippen LogP contribution in [-0.4, -0.2) is 46.5 Å². The molecule has 0 spiro atoms. The van der Waals surface area contributed by atoms with Crippen molar-refractivity contribution in [2.45, 2.75) is 69.1 Å². The second-order valence-electron chi connectivity index (χ2n) is 5.30. The molecule has 4 atom stereocenters. The van der Waals surface area contributed by atoms with Crippen LogP contribution in [0.3, 0.4) is 0 Å². The van der Waals surface area contributed by atoms with Crippen LogP contribution in [0.1, 0.15) is 32.6 Å². The third-order valence-electron chi connectivity index (χ3n) is 3.92. The van der Waals surface area contributed by atoms with Gasteiger partial charge in [0.25, 0.3) is 0 Å². The van der Waals surface area contributed by atoms with Crippen molar-refractivity contribution in [3.05, 3.63) is 0 Å². The number of hydrogen-bond acceptors (Lipinski definition) is 3. The highest BCUT2D eigenvalue weighted by Gasteiger charge is 2.53. The van der Waals surface area contributed by atoms with E-state index in [9.17, 15) is 18.3 Å². The predicted octanol–water partition coefficient (Wildman–Crippen LogP) is 1.25. The maximum absolute atomic E-state index is 13.0. The SMILES string of the molecule is CC(N)C(N1C2CCC1CC(O)C2)C(F)(F)F. The summed E-state index contributed by atoms with van der Waals surface area (Å²) in [6, 6.07) is -2.84. The molecule has 2 fully saturated rings. The Morgan fingerprint density at radius 2 is 1.71 bits per heavy atom. The Hall–Kier alpha value is -0.330. The number of hydrogen-bond donors (Lipinski definition) is 2. The first-order valence-electron chi connectivity index (χ1n) is 6.08. The van der Waals surface area contributed by atoms with Gasteiger partial charge in [0.1, 0.15) is 6.04 Å². The topological polar surface area (TPSA) is 49.5 Å². The van der Waals surface area contributed by atoms with E-state index >= 15 is 0 Å². The van der Waals surface area contributed by atoms with Crippen molar-refractivity contribution in [2.24, 2.45) is 5.73 Å². The fourth-order valence-corrected chi connectivity index (χ4v) is 3.38. The second kappa shape index (κ2) is 4.40. The Labute approximate surface area is 98.8 Å². The maximum atomic E-state index is 13.0. The largest absolute Gasteiger partial charge is 0.405 e. The van der Waals surface area contributed by atoms with Crippen LogP contribution in [0.15, 0.2) is 0 Å². The molecule has 4 unspecified atom stereocenters. The van der Waals surface area contributed by atoms with Gasteiger partial charge < -0.3 is 10.8 Å². The molecule has 0 aromatic heterocycles. The Kier molecular flexibility index (Phi) is 3.40. The van der Waals surface area contributed by atoms with Gasteiger partial charge in [-0.25, -0.2) is 0 Å². The quantitative estimate of drug-likeness (QED) is 0.777. The van der Waals surface area contributed by atoms with Gasteiger partial charge >= 0.3 is 6.18 Å².